The molecule has 0 atom stereocenters. The Morgan fingerprint density at radius 3 is 1.46 bits per heavy atom. The lowest BCUT2D eigenvalue weighted by molar-refractivity contribution is 1.30. The number of hydrogen-bond donors (Lipinski definition) is 0. The summed E-state index contributed by atoms with van der Waals surface area (Å²) in [5.74, 6) is 0. The summed E-state index contributed by atoms with van der Waals surface area (Å²) in [6.07, 6.45) is 0. The molecule has 61 heavy (non-hydrogen) atoms. The van der Waals surface area contributed by atoms with Crippen LogP contribution in [0.1, 0.15) is 0 Å². The SMILES string of the molecule is c1ccc(-c2ccc3c(sc4ccccc43)c2N(c2ccc(-c3ccc(-c4ccc5ccccc5c4)cc3)cc2)c2ccc(-c3cccc4c3sc3ccccc34)cc2)cc1. The molecule has 2 heterocycles. The third-order valence-electron chi connectivity index (χ3n) is 12.1. The highest BCUT2D eigenvalue weighted by Gasteiger charge is 2.23. The number of hydrogen-bond acceptors (Lipinski definition) is 3. The molecule has 0 spiro atoms. The Balaban J connectivity index is 0.995. The minimum Gasteiger partial charge on any atom is -0.308 e. The number of rotatable bonds is 7. The summed E-state index contributed by atoms with van der Waals surface area (Å²) in [6, 6.07) is 82.4. The molecule has 0 unspecified atom stereocenters. The van der Waals surface area contributed by atoms with Crippen LogP contribution in [0.15, 0.2) is 224 Å². The highest BCUT2D eigenvalue weighted by molar-refractivity contribution is 7.26. The van der Waals surface area contributed by atoms with Crippen molar-refractivity contribution in [2.75, 3.05) is 4.90 Å². The van der Waals surface area contributed by atoms with Gasteiger partial charge in [-0.1, -0.05) is 182 Å². The van der Waals surface area contributed by atoms with E-state index in [1.165, 1.54) is 101 Å². The van der Waals surface area contributed by atoms with Crippen molar-refractivity contribution in [2.24, 2.45) is 0 Å². The van der Waals surface area contributed by atoms with Gasteiger partial charge < -0.3 is 4.90 Å². The van der Waals surface area contributed by atoms with Crippen molar-refractivity contribution in [1.82, 2.24) is 0 Å². The third-order valence-corrected chi connectivity index (χ3v) is 14.5. The second-order valence-corrected chi connectivity index (χ2v) is 17.8. The minimum atomic E-state index is 1.11. The Kier molecular flexibility index (Phi) is 8.62. The van der Waals surface area contributed by atoms with E-state index in [-0.39, 0.29) is 0 Å². The van der Waals surface area contributed by atoms with Crippen LogP contribution in [-0.2, 0) is 0 Å². The highest BCUT2D eigenvalue weighted by Crippen LogP contribution is 2.50. The summed E-state index contributed by atoms with van der Waals surface area (Å²) in [6.45, 7) is 0. The molecule has 10 aromatic carbocycles. The van der Waals surface area contributed by atoms with E-state index in [1.807, 2.05) is 22.7 Å². The predicted octanol–water partition coefficient (Wildman–Crippen LogP) is 17.7. The molecular weight excluding hydrogens is 775 g/mol. The number of fused-ring (bicyclic) bond motifs is 7. The number of anilines is 3. The molecule has 0 saturated heterocycles. The Morgan fingerprint density at radius 2 is 0.770 bits per heavy atom. The second kappa shape index (κ2) is 14.8. The maximum atomic E-state index is 2.48. The van der Waals surface area contributed by atoms with Crippen LogP contribution >= 0.6 is 22.7 Å². The van der Waals surface area contributed by atoms with Gasteiger partial charge in [0.15, 0.2) is 0 Å². The lowest BCUT2D eigenvalue weighted by Gasteiger charge is -2.29. The van der Waals surface area contributed by atoms with E-state index in [0.717, 1.165) is 11.4 Å². The van der Waals surface area contributed by atoms with Crippen molar-refractivity contribution in [2.45, 2.75) is 0 Å². The number of thiophene rings is 2. The van der Waals surface area contributed by atoms with E-state index in [1.54, 1.807) is 0 Å². The van der Waals surface area contributed by atoms with Gasteiger partial charge in [0, 0.05) is 52.6 Å². The van der Waals surface area contributed by atoms with Crippen LogP contribution in [0.4, 0.5) is 17.1 Å². The summed E-state index contributed by atoms with van der Waals surface area (Å²) in [4.78, 5) is 2.48. The van der Waals surface area contributed by atoms with Crippen molar-refractivity contribution < 1.29 is 0 Å². The third kappa shape index (κ3) is 6.21. The summed E-state index contributed by atoms with van der Waals surface area (Å²) in [7, 11) is 0. The molecule has 0 saturated carbocycles. The van der Waals surface area contributed by atoms with Crippen molar-refractivity contribution >= 4 is 90.9 Å². The molecule has 2 aromatic heterocycles. The van der Waals surface area contributed by atoms with E-state index in [2.05, 4.69) is 229 Å². The molecule has 3 heteroatoms. The van der Waals surface area contributed by atoms with E-state index in [9.17, 15) is 0 Å². The Hall–Kier alpha value is -7.30. The predicted molar refractivity (Wildman–Crippen MR) is 266 cm³/mol. The minimum absolute atomic E-state index is 1.11. The van der Waals surface area contributed by atoms with Gasteiger partial charge in [0.2, 0.25) is 0 Å². The zero-order chi connectivity index (χ0) is 40.3. The second-order valence-electron chi connectivity index (χ2n) is 15.7. The number of nitrogens with zero attached hydrogens (tertiary/aromatic N) is 1. The first-order valence-corrected chi connectivity index (χ1v) is 22.4. The molecule has 0 aliphatic carbocycles. The van der Waals surface area contributed by atoms with Crippen molar-refractivity contribution in [3.05, 3.63) is 224 Å². The van der Waals surface area contributed by atoms with Gasteiger partial charge in [-0.05, 0) is 92.2 Å². The molecule has 0 amide bonds. The molecule has 0 fully saturated rings. The first-order chi connectivity index (χ1) is 30.2. The molecular formula is C58H37NS2. The van der Waals surface area contributed by atoms with Crippen LogP contribution in [0.2, 0.25) is 0 Å². The largest absolute Gasteiger partial charge is 0.308 e. The van der Waals surface area contributed by atoms with Gasteiger partial charge in [0.1, 0.15) is 0 Å². The smallest absolute Gasteiger partial charge is 0.0718 e. The fraction of sp³-hybridized carbons (Fsp3) is 0. The fourth-order valence-corrected chi connectivity index (χ4v) is 11.5. The molecule has 0 N–H and O–H groups in total. The van der Waals surface area contributed by atoms with E-state index < -0.39 is 0 Å². The molecule has 0 aliphatic rings. The van der Waals surface area contributed by atoms with Gasteiger partial charge in [-0.15, -0.1) is 22.7 Å². The zero-order valence-corrected chi connectivity index (χ0v) is 34.8. The van der Waals surface area contributed by atoms with Gasteiger partial charge in [-0.3, -0.25) is 0 Å². The summed E-state index contributed by atoms with van der Waals surface area (Å²) in [5.41, 5.74) is 13.1. The van der Waals surface area contributed by atoms with Crippen LogP contribution in [0.25, 0.3) is 95.6 Å². The van der Waals surface area contributed by atoms with Crippen molar-refractivity contribution in [3.8, 4) is 44.5 Å². The number of benzene rings is 10. The molecule has 12 rings (SSSR count). The van der Waals surface area contributed by atoms with Gasteiger partial charge in [0.25, 0.3) is 0 Å². The maximum absolute atomic E-state index is 2.48. The molecule has 0 bridgehead atoms. The lowest BCUT2D eigenvalue weighted by atomic mass is 9.97. The normalized spacial score (nSPS) is 11.6. The van der Waals surface area contributed by atoms with Crippen LogP contribution in [0.5, 0.6) is 0 Å². The van der Waals surface area contributed by atoms with E-state index in [0.29, 0.717) is 0 Å². The first-order valence-electron chi connectivity index (χ1n) is 20.7. The van der Waals surface area contributed by atoms with Crippen LogP contribution in [0, 0.1) is 0 Å². The van der Waals surface area contributed by atoms with E-state index in [4.69, 9.17) is 0 Å². The first kappa shape index (κ1) is 35.6. The van der Waals surface area contributed by atoms with Crippen LogP contribution < -0.4 is 4.90 Å². The standard InChI is InChI=1S/C58H37NS2/c1-2-12-42(13-3-1)48-35-36-53-51-16-7-9-20-55(51)61-58(53)56(48)59(47-33-29-43(30-34-47)49-17-10-18-52-50-15-6-8-19-54(50)60-57(49)52)46-31-27-40(28-32-46)39-21-23-41(24-22-39)45-26-25-38-11-4-5-14-44(38)37-45/h1-37H. The van der Waals surface area contributed by atoms with Gasteiger partial charge in [-0.25, -0.2) is 0 Å². The van der Waals surface area contributed by atoms with Crippen molar-refractivity contribution in [3.63, 3.8) is 0 Å². The summed E-state index contributed by atoms with van der Waals surface area (Å²) < 4.78 is 5.21. The molecule has 286 valence electrons. The maximum Gasteiger partial charge on any atom is 0.0718 e. The molecule has 0 aliphatic heterocycles. The van der Waals surface area contributed by atoms with Crippen molar-refractivity contribution in [1.29, 1.82) is 0 Å². The van der Waals surface area contributed by atoms with Gasteiger partial charge in [0.05, 0.1) is 10.4 Å². The molecule has 1 nitrogen and oxygen atoms in total. The Bertz CT molecular complexity index is 3560. The Morgan fingerprint density at radius 1 is 0.279 bits per heavy atom. The highest BCUT2D eigenvalue weighted by atomic mass is 32.1. The zero-order valence-electron chi connectivity index (χ0n) is 33.1. The molecule has 12 aromatic rings. The van der Waals surface area contributed by atoms with Gasteiger partial charge >= 0.3 is 0 Å². The topological polar surface area (TPSA) is 3.24 Å². The quantitative estimate of drug-likeness (QED) is 0.155. The average Bonchev–Trinajstić information content (AvgIpc) is 3.91. The van der Waals surface area contributed by atoms with E-state index >= 15 is 0 Å². The van der Waals surface area contributed by atoms with Crippen LogP contribution in [0.3, 0.4) is 0 Å². The summed E-state index contributed by atoms with van der Waals surface area (Å²) >= 11 is 3.76. The average molecular weight is 812 g/mol. The summed E-state index contributed by atoms with van der Waals surface area (Å²) in [5, 5.41) is 7.72. The Labute approximate surface area is 362 Å². The molecule has 0 radical (unpaired) electrons. The van der Waals surface area contributed by atoms with Gasteiger partial charge in [-0.2, -0.15) is 0 Å². The fourth-order valence-electron chi connectivity index (χ4n) is 9.05. The van der Waals surface area contributed by atoms with Crippen LogP contribution in [-0.4, -0.2) is 0 Å². The monoisotopic (exact) mass is 811 g/mol. The lowest BCUT2D eigenvalue weighted by Crippen LogP contribution is -2.11.